The zero-order valence-corrected chi connectivity index (χ0v) is 14.9. The summed E-state index contributed by atoms with van der Waals surface area (Å²) in [6, 6.07) is 8.03. The third kappa shape index (κ3) is 3.51. The van der Waals surface area contributed by atoms with Crippen LogP contribution in [0.4, 0.5) is 4.39 Å². The van der Waals surface area contributed by atoms with E-state index in [4.69, 9.17) is 5.11 Å². The molecule has 25 heavy (non-hydrogen) atoms. The van der Waals surface area contributed by atoms with E-state index < -0.39 is 11.8 Å². The van der Waals surface area contributed by atoms with Gasteiger partial charge < -0.3 is 5.11 Å². The number of fused-ring (bicyclic) bond motifs is 1. The van der Waals surface area contributed by atoms with E-state index in [0.717, 1.165) is 18.1 Å². The van der Waals surface area contributed by atoms with Crippen LogP contribution in [0.15, 0.2) is 47.6 Å². The number of halogens is 1. The van der Waals surface area contributed by atoms with E-state index in [0.29, 0.717) is 10.8 Å². The van der Waals surface area contributed by atoms with Crippen LogP contribution in [0.2, 0.25) is 0 Å². The van der Waals surface area contributed by atoms with Gasteiger partial charge in [-0.15, -0.1) is 0 Å². The summed E-state index contributed by atoms with van der Waals surface area (Å²) < 4.78 is 14.3. The van der Waals surface area contributed by atoms with E-state index in [9.17, 15) is 9.18 Å². The molecule has 0 amide bonds. The minimum atomic E-state index is -1.12. The predicted molar refractivity (Wildman–Crippen MR) is 100 cm³/mol. The molecule has 2 aromatic carbocycles. The van der Waals surface area contributed by atoms with Crippen LogP contribution in [0, 0.1) is 11.2 Å². The summed E-state index contributed by atoms with van der Waals surface area (Å²) in [6.07, 6.45) is 7.71. The van der Waals surface area contributed by atoms with Gasteiger partial charge in [0, 0.05) is 5.39 Å². The van der Waals surface area contributed by atoms with Gasteiger partial charge in [-0.05, 0) is 66.3 Å². The quantitative estimate of drug-likeness (QED) is 0.721. The van der Waals surface area contributed by atoms with Crippen molar-refractivity contribution in [2.45, 2.75) is 40.0 Å². The highest BCUT2D eigenvalue weighted by atomic mass is 19.1. The largest absolute Gasteiger partial charge is 0.478 e. The Labute approximate surface area is 147 Å². The van der Waals surface area contributed by atoms with Gasteiger partial charge in [-0.1, -0.05) is 43.7 Å². The van der Waals surface area contributed by atoms with E-state index >= 15 is 0 Å². The third-order valence-corrected chi connectivity index (χ3v) is 5.16. The first-order valence-electron chi connectivity index (χ1n) is 8.63. The Morgan fingerprint density at radius 3 is 2.64 bits per heavy atom. The second kappa shape index (κ2) is 6.47. The van der Waals surface area contributed by atoms with Crippen LogP contribution in [-0.4, -0.2) is 11.1 Å². The predicted octanol–water partition coefficient (Wildman–Crippen LogP) is 6.22. The Morgan fingerprint density at radius 2 is 1.96 bits per heavy atom. The van der Waals surface area contributed by atoms with Gasteiger partial charge >= 0.3 is 5.97 Å². The van der Waals surface area contributed by atoms with Crippen molar-refractivity contribution in [1.29, 1.82) is 0 Å². The number of carboxylic acids is 1. The van der Waals surface area contributed by atoms with Crippen LogP contribution in [0.3, 0.4) is 0 Å². The van der Waals surface area contributed by atoms with Crippen LogP contribution in [0.5, 0.6) is 0 Å². The number of carbonyl (C=O) groups is 1. The van der Waals surface area contributed by atoms with Gasteiger partial charge in [-0.25, -0.2) is 9.18 Å². The molecule has 0 aliphatic heterocycles. The first-order chi connectivity index (χ1) is 11.8. The number of hydrogen-bond acceptors (Lipinski definition) is 1. The Hall–Kier alpha value is -2.42. The van der Waals surface area contributed by atoms with Crippen molar-refractivity contribution < 1.29 is 14.3 Å². The Morgan fingerprint density at radius 1 is 1.20 bits per heavy atom. The lowest BCUT2D eigenvalue weighted by atomic mass is 9.72. The minimum absolute atomic E-state index is 0.0296. The number of aromatic carboxylic acids is 1. The average Bonchev–Trinajstić information content (AvgIpc) is 2.54. The molecule has 0 fully saturated rings. The molecule has 0 aromatic heterocycles. The summed E-state index contributed by atoms with van der Waals surface area (Å²) >= 11 is 0. The molecule has 0 atom stereocenters. The zero-order valence-electron chi connectivity index (χ0n) is 14.9. The highest BCUT2D eigenvalue weighted by Crippen LogP contribution is 2.41. The normalized spacial score (nSPS) is 17.4. The first-order valence-corrected chi connectivity index (χ1v) is 8.63. The van der Waals surface area contributed by atoms with Crippen molar-refractivity contribution in [3.05, 3.63) is 64.5 Å². The van der Waals surface area contributed by atoms with Crippen molar-refractivity contribution in [2.75, 3.05) is 0 Å². The van der Waals surface area contributed by atoms with Crippen molar-refractivity contribution in [2.24, 2.45) is 5.41 Å². The topological polar surface area (TPSA) is 37.3 Å². The van der Waals surface area contributed by atoms with E-state index in [1.807, 2.05) is 12.1 Å². The SMILES string of the molecule is CC1=C(/C=C/c2ccc3cc(C(=O)O)cc(F)c3c2)C(C)(C)CCC1. The fourth-order valence-corrected chi connectivity index (χ4v) is 3.75. The summed E-state index contributed by atoms with van der Waals surface area (Å²) in [4.78, 5) is 11.1. The Kier molecular flexibility index (Phi) is 4.51. The number of hydrogen-bond donors (Lipinski definition) is 1. The van der Waals surface area contributed by atoms with Gasteiger partial charge in [0.15, 0.2) is 0 Å². The zero-order chi connectivity index (χ0) is 18.2. The van der Waals surface area contributed by atoms with Crippen LogP contribution in [0.25, 0.3) is 16.8 Å². The van der Waals surface area contributed by atoms with Gasteiger partial charge in [-0.2, -0.15) is 0 Å². The van der Waals surface area contributed by atoms with Gasteiger partial charge in [-0.3, -0.25) is 0 Å². The maximum Gasteiger partial charge on any atom is 0.335 e. The molecule has 2 nitrogen and oxygen atoms in total. The van der Waals surface area contributed by atoms with Crippen molar-refractivity contribution >= 4 is 22.8 Å². The van der Waals surface area contributed by atoms with Crippen LogP contribution in [0.1, 0.15) is 56.0 Å². The number of benzene rings is 2. The highest BCUT2D eigenvalue weighted by Gasteiger charge is 2.26. The molecule has 0 bridgehead atoms. The Bertz CT molecular complexity index is 904. The average molecular weight is 338 g/mol. The smallest absolute Gasteiger partial charge is 0.335 e. The molecule has 0 spiro atoms. The molecule has 0 unspecified atom stereocenters. The van der Waals surface area contributed by atoms with E-state index in [1.165, 1.54) is 30.1 Å². The maximum absolute atomic E-state index is 14.3. The highest BCUT2D eigenvalue weighted by molar-refractivity contribution is 5.95. The fourth-order valence-electron chi connectivity index (χ4n) is 3.75. The lowest BCUT2D eigenvalue weighted by Gasteiger charge is -2.32. The molecule has 2 aromatic rings. The van der Waals surface area contributed by atoms with Crippen molar-refractivity contribution in [3.63, 3.8) is 0 Å². The number of rotatable bonds is 3. The van der Waals surface area contributed by atoms with Crippen LogP contribution in [-0.2, 0) is 0 Å². The van der Waals surface area contributed by atoms with Crippen LogP contribution < -0.4 is 0 Å². The van der Waals surface area contributed by atoms with Crippen molar-refractivity contribution in [1.82, 2.24) is 0 Å². The van der Waals surface area contributed by atoms with Gasteiger partial charge in [0.1, 0.15) is 5.82 Å². The van der Waals surface area contributed by atoms with E-state index in [1.54, 1.807) is 12.1 Å². The molecule has 1 N–H and O–H groups in total. The monoisotopic (exact) mass is 338 g/mol. The molecule has 1 aliphatic rings. The Balaban J connectivity index is 1.99. The van der Waals surface area contributed by atoms with E-state index in [2.05, 4.69) is 26.8 Å². The maximum atomic E-state index is 14.3. The molecule has 0 saturated heterocycles. The third-order valence-electron chi connectivity index (χ3n) is 5.16. The summed E-state index contributed by atoms with van der Waals surface area (Å²) in [5, 5.41) is 10.1. The molecular formula is C22H23FO2. The molecule has 3 heteroatoms. The standard InChI is InChI=1S/C22H23FO2/c1-14-5-4-10-22(2,3)19(14)9-7-15-6-8-16-12-17(21(24)25)13-20(23)18(16)11-15/h6-9,11-13H,4-5,10H2,1-3H3,(H,24,25)/b9-7+. The number of carboxylic acid groups (broad SMARTS) is 1. The fraction of sp³-hybridized carbons (Fsp3) is 0.318. The summed E-state index contributed by atoms with van der Waals surface area (Å²) in [7, 11) is 0. The molecular weight excluding hydrogens is 315 g/mol. The summed E-state index contributed by atoms with van der Waals surface area (Å²) in [5.41, 5.74) is 3.83. The molecule has 1 aliphatic carbocycles. The molecule has 3 rings (SSSR count). The minimum Gasteiger partial charge on any atom is -0.478 e. The second-order valence-corrected chi connectivity index (χ2v) is 7.51. The van der Waals surface area contributed by atoms with Crippen molar-refractivity contribution in [3.8, 4) is 0 Å². The molecule has 0 radical (unpaired) electrons. The van der Waals surface area contributed by atoms with Crippen LogP contribution >= 0.6 is 0 Å². The first kappa shape index (κ1) is 17.4. The molecule has 130 valence electrons. The van der Waals surface area contributed by atoms with Gasteiger partial charge in [0.2, 0.25) is 0 Å². The summed E-state index contributed by atoms with van der Waals surface area (Å²) in [5.74, 6) is -1.62. The van der Waals surface area contributed by atoms with Gasteiger partial charge in [0.05, 0.1) is 5.56 Å². The van der Waals surface area contributed by atoms with Gasteiger partial charge in [0.25, 0.3) is 0 Å². The molecule has 0 saturated carbocycles. The number of allylic oxidation sites excluding steroid dienone is 3. The molecule has 0 heterocycles. The lowest BCUT2D eigenvalue weighted by Crippen LogP contribution is -2.18. The lowest BCUT2D eigenvalue weighted by molar-refractivity contribution is 0.0696. The summed E-state index contributed by atoms with van der Waals surface area (Å²) in [6.45, 7) is 6.72. The van der Waals surface area contributed by atoms with E-state index in [-0.39, 0.29) is 11.0 Å². The second-order valence-electron chi connectivity index (χ2n) is 7.51.